The second kappa shape index (κ2) is 8.77. The highest BCUT2D eigenvalue weighted by Crippen LogP contribution is 2.26. The van der Waals surface area contributed by atoms with E-state index in [1.165, 1.54) is 11.8 Å². The van der Waals surface area contributed by atoms with Crippen molar-refractivity contribution in [1.29, 1.82) is 0 Å². The Morgan fingerprint density at radius 2 is 1.85 bits per heavy atom. The van der Waals surface area contributed by atoms with Crippen LogP contribution in [0.4, 0.5) is 5.69 Å². The lowest BCUT2D eigenvalue weighted by Crippen LogP contribution is -2.23. The highest BCUT2D eigenvalue weighted by atomic mass is 35.5. The molecular formula is C25H19ClN4O2S. The first-order valence-electron chi connectivity index (χ1n) is 10.3. The molecule has 0 saturated heterocycles. The van der Waals surface area contributed by atoms with Crippen molar-refractivity contribution in [2.24, 2.45) is 0 Å². The van der Waals surface area contributed by atoms with Gasteiger partial charge in [-0.2, -0.15) is 0 Å². The summed E-state index contributed by atoms with van der Waals surface area (Å²) in [6, 6.07) is 22.3. The quantitative estimate of drug-likeness (QED) is 0.258. The summed E-state index contributed by atoms with van der Waals surface area (Å²) < 4.78 is 1.54. The van der Waals surface area contributed by atoms with E-state index in [1.807, 2.05) is 67.6 Å². The molecule has 6 nitrogen and oxygen atoms in total. The molecule has 1 amide bonds. The largest absolute Gasteiger partial charge is 0.349 e. The van der Waals surface area contributed by atoms with Gasteiger partial charge in [-0.25, -0.2) is 4.98 Å². The van der Waals surface area contributed by atoms with Gasteiger partial charge in [-0.1, -0.05) is 65.8 Å². The van der Waals surface area contributed by atoms with Crippen molar-refractivity contribution >= 4 is 56.9 Å². The molecule has 5 rings (SSSR count). The number of carbonyl (C=O) groups excluding carboxylic acids is 1. The number of thioether (sulfide) groups is 1. The summed E-state index contributed by atoms with van der Waals surface area (Å²) in [4.78, 5) is 34.1. The van der Waals surface area contributed by atoms with E-state index in [2.05, 4.69) is 10.3 Å². The average molecular weight is 475 g/mol. The van der Waals surface area contributed by atoms with Crippen LogP contribution in [-0.4, -0.2) is 26.2 Å². The van der Waals surface area contributed by atoms with Gasteiger partial charge in [-0.3, -0.25) is 14.2 Å². The molecule has 0 aliphatic rings. The number of hydrogen-bond acceptors (Lipinski definition) is 4. The van der Waals surface area contributed by atoms with Crippen molar-refractivity contribution in [2.45, 2.75) is 12.1 Å². The average Bonchev–Trinajstić information content (AvgIpc) is 3.20. The zero-order valence-electron chi connectivity index (χ0n) is 17.6. The minimum atomic E-state index is -0.215. The van der Waals surface area contributed by atoms with Crippen LogP contribution in [0.2, 0.25) is 5.02 Å². The predicted molar refractivity (Wildman–Crippen MR) is 135 cm³/mol. The minimum Gasteiger partial charge on any atom is -0.349 e. The normalized spacial score (nSPS) is 11.2. The van der Waals surface area contributed by atoms with E-state index >= 15 is 0 Å². The van der Waals surface area contributed by atoms with Gasteiger partial charge in [-0.15, -0.1) is 0 Å². The summed E-state index contributed by atoms with van der Waals surface area (Å²) in [6.07, 6.45) is 0. The van der Waals surface area contributed by atoms with Gasteiger partial charge in [0.05, 0.1) is 11.4 Å². The van der Waals surface area contributed by atoms with Crippen LogP contribution in [0.1, 0.15) is 5.56 Å². The van der Waals surface area contributed by atoms with Gasteiger partial charge in [-0.05, 0) is 42.8 Å². The first-order chi connectivity index (χ1) is 16.0. The number of nitrogens with one attached hydrogen (secondary N) is 2. The molecule has 0 unspecified atom stereocenters. The number of hydrogen-bond donors (Lipinski definition) is 2. The van der Waals surface area contributed by atoms with Crippen LogP contribution in [0.15, 0.2) is 82.7 Å². The van der Waals surface area contributed by atoms with Gasteiger partial charge in [0, 0.05) is 21.6 Å². The van der Waals surface area contributed by atoms with Gasteiger partial charge in [0.15, 0.2) is 5.16 Å². The number of H-pyrrole nitrogens is 1. The lowest BCUT2D eigenvalue weighted by molar-refractivity contribution is -0.113. The molecule has 8 heteroatoms. The molecular weight excluding hydrogens is 456 g/mol. The molecule has 2 N–H and O–H groups in total. The van der Waals surface area contributed by atoms with Crippen LogP contribution >= 0.6 is 23.4 Å². The molecule has 0 bridgehead atoms. The summed E-state index contributed by atoms with van der Waals surface area (Å²) in [7, 11) is 0. The number of aromatic amines is 1. The molecule has 2 aromatic heterocycles. The standard InChI is InChI=1S/C25H19ClN4O2S/c1-15-11-12-16(13-19(15)26)27-21(31)14-33-25-29-22-18-9-5-6-10-20(18)28-23(22)24(32)30(25)17-7-3-2-4-8-17/h2-13,28H,14H2,1H3,(H,27,31). The van der Waals surface area contributed by atoms with E-state index in [-0.39, 0.29) is 17.2 Å². The second-order valence-electron chi connectivity index (χ2n) is 7.57. The molecule has 0 spiro atoms. The fourth-order valence-corrected chi connectivity index (χ4v) is 4.63. The molecule has 0 radical (unpaired) electrons. The Morgan fingerprint density at radius 1 is 1.09 bits per heavy atom. The number of fused-ring (bicyclic) bond motifs is 3. The molecule has 33 heavy (non-hydrogen) atoms. The van der Waals surface area contributed by atoms with Crippen molar-refractivity contribution in [3.63, 3.8) is 0 Å². The molecule has 0 aliphatic carbocycles. The summed E-state index contributed by atoms with van der Waals surface area (Å²) in [5.41, 5.74) is 3.90. The van der Waals surface area contributed by atoms with E-state index in [4.69, 9.17) is 16.6 Å². The van der Waals surface area contributed by atoms with E-state index in [1.54, 1.807) is 16.7 Å². The van der Waals surface area contributed by atoms with Crippen LogP contribution in [0, 0.1) is 6.92 Å². The Labute approximate surface area is 198 Å². The van der Waals surface area contributed by atoms with Crippen LogP contribution < -0.4 is 10.9 Å². The zero-order chi connectivity index (χ0) is 22.9. The number of para-hydroxylation sites is 2. The Balaban J connectivity index is 1.53. The number of halogens is 1. The maximum Gasteiger partial charge on any atom is 0.283 e. The van der Waals surface area contributed by atoms with Gasteiger partial charge < -0.3 is 10.3 Å². The number of aromatic nitrogens is 3. The summed E-state index contributed by atoms with van der Waals surface area (Å²) in [5, 5.41) is 4.75. The molecule has 5 aromatic rings. The number of rotatable bonds is 5. The zero-order valence-corrected chi connectivity index (χ0v) is 19.2. The number of aryl methyl sites for hydroxylation is 1. The maximum absolute atomic E-state index is 13.5. The third-order valence-electron chi connectivity index (χ3n) is 5.30. The van der Waals surface area contributed by atoms with Crippen LogP contribution in [0.5, 0.6) is 0 Å². The molecule has 2 heterocycles. The molecule has 3 aromatic carbocycles. The van der Waals surface area contributed by atoms with Crippen molar-refractivity contribution in [2.75, 3.05) is 11.1 Å². The van der Waals surface area contributed by atoms with Gasteiger partial charge in [0.25, 0.3) is 5.56 Å². The second-order valence-corrected chi connectivity index (χ2v) is 8.92. The smallest absolute Gasteiger partial charge is 0.283 e. The molecule has 164 valence electrons. The number of benzene rings is 3. The SMILES string of the molecule is Cc1ccc(NC(=O)CSc2nc3c([nH]c4ccccc43)c(=O)n2-c2ccccc2)cc1Cl. The fourth-order valence-electron chi connectivity index (χ4n) is 3.64. The number of carbonyl (C=O) groups is 1. The molecule has 0 fully saturated rings. The molecule has 0 saturated carbocycles. The summed E-state index contributed by atoms with van der Waals surface area (Å²) >= 11 is 7.37. The lowest BCUT2D eigenvalue weighted by Gasteiger charge is -2.12. The van der Waals surface area contributed by atoms with Crippen LogP contribution in [0.3, 0.4) is 0 Å². The molecule has 0 aliphatic heterocycles. The number of nitrogens with zero attached hydrogens (tertiary/aromatic N) is 2. The predicted octanol–water partition coefficient (Wildman–Crippen LogP) is 5.56. The Kier molecular flexibility index (Phi) is 5.66. The van der Waals surface area contributed by atoms with Crippen LogP contribution in [-0.2, 0) is 4.79 Å². The Hall–Kier alpha value is -3.55. The summed E-state index contributed by atoms with van der Waals surface area (Å²) in [5.74, 6) is -0.133. The van der Waals surface area contributed by atoms with Gasteiger partial charge in [0.2, 0.25) is 5.91 Å². The fraction of sp³-hybridized carbons (Fsp3) is 0.0800. The van der Waals surface area contributed by atoms with Crippen molar-refractivity contribution < 1.29 is 4.79 Å². The highest BCUT2D eigenvalue weighted by molar-refractivity contribution is 7.99. The van der Waals surface area contributed by atoms with Crippen LogP contribution in [0.25, 0.3) is 27.6 Å². The third-order valence-corrected chi connectivity index (χ3v) is 6.64. The topological polar surface area (TPSA) is 79.8 Å². The third kappa shape index (κ3) is 4.13. The highest BCUT2D eigenvalue weighted by Gasteiger charge is 2.18. The van der Waals surface area contributed by atoms with E-state index in [0.717, 1.165) is 16.5 Å². The first-order valence-corrected chi connectivity index (χ1v) is 11.7. The van der Waals surface area contributed by atoms with Crippen molar-refractivity contribution in [3.8, 4) is 5.69 Å². The van der Waals surface area contributed by atoms with E-state index in [0.29, 0.717) is 32.6 Å². The Morgan fingerprint density at radius 3 is 2.64 bits per heavy atom. The van der Waals surface area contributed by atoms with Crippen molar-refractivity contribution in [3.05, 3.63) is 93.7 Å². The first kappa shape index (κ1) is 21.3. The summed E-state index contributed by atoms with van der Waals surface area (Å²) in [6.45, 7) is 1.90. The van der Waals surface area contributed by atoms with Crippen molar-refractivity contribution in [1.82, 2.24) is 14.5 Å². The molecule has 0 atom stereocenters. The minimum absolute atomic E-state index is 0.0820. The van der Waals surface area contributed by atoms with E-state index in [9.17, 15) is 9.59 Å². The monoisotopic (exact) mass is 474 g/mol. The van der Waals surface area contributed by atoms with Gasteiger partial charge in [0.1, 0.15) is 11.0 Å². The maximum atomic E-state index is 13.5. The number of anilines is 1. The Bertz CT molecular complexity index is 1560. The van der Waals surface area contributed by atoms with Gasteiger partial charge >= 0.3 is 0 Å². The lowest BCUT2D eigenvalue weighted by atomic mass is 10.2. The van der Waals surface area contributed by atoms with E-state index < -0.39 is 0 Å². The number of amides is 1.